The van der Waals surface area contributed by atoms with Crippen molar-refractivity contribution < 1.29 is 48.6 Å². The standard InChI is InChI=1S/C32H48O10/c1-16-29(38-5)23(34)13-27(40-16)42-20-8-9-30(3)19(11-20)6-7-21-22(30)12-25(35)31(4)28(18-10-26(36)39-15-18)24(41-17(2)33)14-32(21,31)37/h10,16,19-25,27-29,34-35,37H,6-9,11-15H2,1-5H3. The van der Waals surface area contributed by atoms with Crippen LogP contribution in [0.3, 0.4) is 0 Å². The van der Waals surface area contributed by atoms with E-state index in [4.69, 9.17) is 23.7 Å². The predicted molar refractivity (Wildman–Crippen MR) is 149 cm³/mol. The maximum Gasteiger partial charge on any atom is 0.331 e. The van der Waals surface area contributed by atoms with Gasteiger partial charge in [0.15, 0.2) is 6.29 Å². The van der Waals surface area contributed by atoms with E-state index in [0.29, 0.717) is 24.3 Å². The molecule has 14 atom stereocenters. The van der Waals surface area contributed by atoms with Crippen LogP contribution in [0, 0.1) is 34.5 Å². The minimum absolute atomic E-state index is 0.0148. The van der Waals surface area contributed by atoms with E-state index in [1.54, 1.807) is 7.11 Å². The first-order valence-electron chi connectivity index (χ1n) is 15.8. The lowest BCUT2D eigenvalue weighted by Crippen LogP contribution is -2.67. The summed E-state index contributed by atoms with van der Waals surface area (Å²) in [6.07, 6.45) is 3.72. The highest BCUT2D eigenvalue weighted by atomic mass is 16.7. The number of hydrogen-bond acceptors (Lipinski definition) is 10. The van der Waals surface area contributed by atoms with E-state index in [2.05, 4.69) is 6.92 Å². The number of hydrogen-bond donors (Lipinski definition) is 3. The minimum atomic E-state index is -1.27. The van der Waals surface area contributed by atoms with Crippen molar-refractivity contribution in [3.05, 3.63) is 11.6 Å². The van der Waals surface area contributed by atoms with Crippen LogP contribution >= 0.6 is 0 Å². The molecule has 4 aliphatic carbocycles. The first kappa shape index (κ1) is 30.5. The normalized spacial score (nSPS) is 52.0. The van der Waals surface area contributed by atoms with Crippen molar-refractivity contribution in [2.45, 2.75) is 128 Å². The van der Waals surface area contributed by atoms with Gasteiger partial charge < -0.3 is 39.0 Å². The van der Waals surface area contributed by atoms with Crippen molar-refractivity contribution in [2.24, 2.45) is 34.5 Å². The molecule has 2 aliphatic heterocycles. The van der Waals surface area contributed by atoms with Gasteiger partial charge >= 0.3 is 11.9 Å². The second kappa shape index (κ2) is 10.8. The Morgan fingerprint density at radius 1 is 1.10 bits per heavy atom. The second-order valence-electron chi connectivity index (χ2n) is 14.4. The van der Waals surface area contributed by atoms with Gasteiger partial charge in [-0.25, -0.2) is 4.79 Å². The van der Waals surface area contributed by atoms with E-state index in [9.17, 15) is 24.9 Å². The fourth-order valence-corrected chi connectivity index (χ4v) is 10.5. The van der Waals surface area contributed by atoms with Crippen LogP contribution in [0.25, 0.3) is 0 Å². The Labute approximate surface area is 248 Å². The predicted octanol–water partition coefficient (Wildman–Crippen LogP) is 2.65. The van der Waals surface area contributed by atoms with Crippen molar-refractivity contribution in [2.75, 3.05) is 13.7 Å². The lowest BCUT2D eigenvalue weighted by Gasteiger charge is -2.64. The molecular weight excluding hydrogens is 544 g/mol. The molecule has 0 radical (unpaired) electrons. The minimum Gasteiger partial charge on any atom is -0.462 e. The van der Waals surface area contributed by atoms with Crippen LogP contribution in [0.15, 0.2) is 11.6 Å². The number of carbonyl (C=O) groups is 2. The summed E-state index contributed by atoms with van der Waals surface area (Å²) in [6, 6.07) is 0. The molecule has 0 bridgehead atoms. The number of aliphatic hydroxyl groups excluding tert-OH is 2. The fourth-order valence-electron chi connectivity index (χ4n) is 10.5. The van der Waals surface area contributed by atoms with Gasteiger partial charge in [-0.3, -0.25) is 4.79 Å². The van der Waals surface area contributed by atoms with E-state index >= 15 is 0 Å². The summed E-state index contributed by atoms with van der Waals surface area (Å²) in [4.78, 5) is 24.2. The van der Waals surface area contributed by atoms with E-state index in [-0.39, 0.29) is 48.6 Å². The average Bonchev–Trinajstić information content (AvgIpc) is 3.42. The highest BCUT2D eigenvalue weighted by molar-refractivity contribution is 5.85. The molecule has 6 rings (SSSR count). The number of aliphatic hydroxyl groups is 3. The zero-order chi connectivity index (χ0) is 30.2. The van der Waals surface area contributed by atoms with Crippen LogP contribution in [-0.2, 0) is 33.3 Å². The number of fused-ring (bicyclic) bond motifs is 5. The number of rotatable bonds is 5. The van der Waals surface area contributed by atoms with Gasteiger partial charge in [0.1, 0.15) is 18.8 Å². The number of methoxy groups -OCH3 is 1. The third kappa shape index (κ3) is 4.58. The number of cyclic esters (lactones) is 1. The molecule has 0 spiro atoms. The molecule has 5 fully saturated rings. The lowest BCUT2D eigenvalue weighted by atomic mass is 9.42. The van der Waals surface area contributed by atoms with Gasteiger partial charge in [0, 0.05) is 44.3 Å². The molecule has 0 aromatic heterocycles. The molecular formula is C32H48O10. The highest BCUT2D eigenvalue weighted by Crippen LogP contribution is 2.70. The summed E-state index contributed by atoms with van der Waals surface area (Å²) in [5, 5.41) is 35.2. The number of esters is 2. The molecule has 42 heavy (non-hydrogen) atoms. The van der Waals surface area contributed by atoms with Gasteiger partial charge in [0.05, 0.1) is 30.0 Å². The Kier molecular flexibility index (Phi) is 7.84. The van der Waals surface area contributed by atoms with Crippen LogP contribution < -0.4 is 0 Å². The zero-order valence-electron chi connectivity index (χ0n) is 25.5. The molecule has 2 heterocycles. The van der Waals surface area contributed by atoms with Crippen LogP contribution in [0.4, 0.5) is 0 Å². The van der Waals surface area contributed by atoms with Crippen LogP contribution in [-0.4, -0.2) is 89.5 Å². The fraction of sp³-hybridized carbons (Fsp3) is 0.875. The molecule has 0 amide bonds. The van der Waals surface area contributed by atoms with Gasteiger partial charge in [-0.1, -0.05) is 13.8 Å². The van der Waals surface area contributed by atoms with E-state index in [1.807, 2.05) is 13.8 Å². The average molecular weight is 593 g/mol. The first-order chi connectivity index (χ1) is 19.8. The molecule has 10 nitrogen and oxygen atoms in total. The van der Waals surface area contributed by atoms with Gasteiger partial charge in [0.2, 0.25) is 0 Å². The Bertz CT molecular complexity index is 1100. The maximum atomic E-state index is 12.7. The molecule has 236 valence electrons. The Morgan fingerprint density at radius 3 is 2.50 bits per heavy atom. The van der Waals surface area contributed by atoms with Crippen molar-refractivity contribution in [1.82, 2.24) is 0 Å². The molecule has 3 N–H and O–H groups in total. The number of carbonyl (C=O) groups excluding carboxylic acids is 2. The summed E-state index contributed by atoms with van der Waals surface area (Å²) >= 11 is 0. The van der Waals surface area contributed by atoms with Crippen molar-refractivity contribution in [3.63, 3.8) is 0 Å². The summed E-state index contributed by atoms with van der Waals surface area (Å²) in [6.45, 7) is 7.57. The molecule has 4 saturated carbocycles. The van der Waals surface area contributed by atoms with Crippen molar-refractivity contribution in [1.29, 1.82) is 0 Å². The summed E-state index contributed by atoms with van der Waals surface area (Å²) in [5.41, 5.74) is -1.68. The Balaban J connectivity index is 1.22. The Hall–Kier alpha value is -1.56. The van der Waals surface area contributed by atoms with Crippen molar-refractivity contribution in [3.8, 4) is 0 Å². The zero-order valence-corrected chi connectivity index (χ0v) is 25.5. The van der Waals surface area contributed by atoms with Crippen molar-refractivity contribution >= 4 is 11.9 Å². The molecule has 1 saturated heterocycles. The monoisotopic (exact) mass is 592 g/mol. The largest absolute Gasteiger partial charge is 0.462 e. The molecule has 14 unspecified atom stereocenters. The first-order valence-corrected chi connectivity index (χ1v) is 15.8. The molecule has 0 aromatic rings. The van der Waals surface area contributed by atoms with E-state index in [1.165, 1.54) is 13.0 Å². The maximum absolute atomic E-state index is 12.7. The summed E-state index contributed by atoms with van der Waals surface area (Å²) in [5.74, 6) is -1.01. The van der Waals surface area contributed by atoms with Gasteiger partial charge in [-0.2, -0.15) is 0 Å². The summed E-state index contributed by atoms with van der Waals surface area (Å²) < 4.78 is 28.9. The van der Waals surface area contributed by atoms with Gasteiger partial charge in [-0.05, 0) is 74.2 Å². The third-order valence-corrected chi connectivity index (χ3v) is 12.5. The lowest BCUT2D eigenvalue weighted by molar-refractivity contribution is -0.277. The second-order valence-corrected chi connectivity index (χ2v) is 14.4. The molecule has 0 aromatic carbocycles. The quantitative estimate of drug-likeness (QED) is 0.322. The van der Waals surface area contributed by atoms with E-state index < -0.39 is 53.5 Å². The highest BCUT2D eigenvalue weighted by Gasteiger charge is 2.74. The van der Waals surface area contributed by atoms with Crippen LogP contribution in [0.2, 0.25) is 0 Å². The smallest absolute Gasteiger partial charge is 0.331 e. The van der Waals surface area contributed by atoms with Crippen LogP contribution in [0.5, 0.6) is 0 Å². The molecule has 10 heteroatoms. The summed E-state index contributed by atoms with van der Waals surface area (Å²) in [7, 11) is 1.58. The molecule has 6 aliphatic rings. The SMILES string of the molecule is COC1C(O)CC(OC2CCC3(C)C(CCC4C3CC(O)C3(C)C(C5=CC(=O)OC5)C(OC(C)=O)CC43O)C2)OC1C. The topological polar surface area (TPSA) is 141 Å². The third-order valence-electron chi connectivity index (χ3n) is 12.5. The van der Waals surface area contributed by atoms with E-state index in [0.717, 1.165) is 32.1 Å². The Morgan fingerprint density at radius 2 is 1.86 bits per heavy atom. The van der Waals surface area contributed by atoms with Gasteiger partial charge in [-0.15, -0.1) is 0 Å². The van der Waals surface area contributed by atoms with Crippen LogP contribution in [0.1, 0.15) is 79.1 Å². The number of ether oxygens (including phenoxy) is 5. The van der Waals surface area contributed by atoms with Gasteiger partial charge in [0.25, 0.3) is 0 Å².